The second kappa shape index (κ2) is 9.13. The van der Waals surface area contributed by atoms with Crippen molar-refractivity contribution in [3.05, 3.63) is 24.3 Å². The smallest absolute Gasteiger partial charge is 0.298 e. The molecule has 2 aliphatic heterocycles. The summed E-state index contributed by atoms with van der Waals surface area (Å²) in [7, 11) is 0. The minimum Gasteiger partial charge on any atom is -0.423 e. The molecule has 158 valence electrons. The number of carbonyl (C=O) groups excluding carboxylic acids is 1. The maximum absolute atomic E-state index is 12.5. The molecular weight excluding hydrogens is 368 g/mol. The van der Waals surface area contributed by atoms with Crippen molar-refractivity contribution in [3.63, 3.8) is 0 Å². The Morgan fingerprint density at radius 3 is 2.62 bits per heavy atom. The largest absolute Gasteiger partial charge is 0.423 e. The highest BCUT2D eigenvalue weighted by Crippen LogP contribution is 2.26. The Morgan fingerprint density at radius 1 is 1.17 bits per heavy atom. The van der Waals surface area contributed by atoms with E-state index in [2.05, 4.69) is 33.9 Å². The van der Waals surface area contributed by atoms with Gasteiger partial charge >= 0.3 is 0 Å². The van der Waals surface area contributed by atoms with Gasteiger partial charge in [-0.1, -0.05) is 12.1 Å². The van der Waals surface area contributed by atoms with E-state index in [-0.39, 0.29) is 11.8 Å². The van der Waals surface area contributed by atoms with Gasteiger partial charge in [-0.3, -0.25) is 9.69 Å². The lowest BCUT2D eigenvalue weighted by molar-refractivity contribution is -0.125. The zero-order valence-electron chi connectivity index (χ0n) is 17.5. The highest BCUT2D eigenvalue weighted by atomic mass is 16.5. The fourth-order valence-corrected chi connectivity index (χ4v) is 4.45. The third-order valence-electron chi connectivity index (χ3n) is 5.86. The van der Waals surface area contributed by atoms with Crippen molar-refractivity contribution in [1.82, 2.24) is 15.2 Å². The monoisotopic (exact) mass is 400 g/mol. The Kier molecular flexibility index (Phi) is 6.35. The topological polar surface area (TPSA) is 70.8 Å². The van der Waals surface area contributed by atoms with Crippen LogP contribution < -0.4 is 10.2 Å². The second-order valence-corrected chi connectivity index (χ2v) is 8.39. The van der Waals surface area contributed by atoms with Crippen LogP contribution >= 0.6 is 0 Å². The molecule has 0 saturated carbocycles. The molecule has 0 spiro atoms. The van der Waals surface area contributed by atoms with Crippen molar-refractivity contribution < 1.29 is 13.9 Å². The molecule has 0 aliphatic carbocycles. The molecule has 0 radical (unpaired) electrons. The summed E-state index contributed by atoms with van der Waals surface area (Å²) in [5, 5.41) is 3.14. The number of morpholine rings is 1. The SMILES string of the molecule is CC1CN(CCCNC(=O)C2CCN(c3nc4ccccc4o3)CC2)CC(C)O1. The number of oxazole rings is 1. The summed E-state index contributed by atoms with van der Waals surface area (Å²) < 4.78 is 11.6. The van der Waals surface area contributed by atoms with E-state index in [1.807, 2.05) is 24.3 Å². The van der Waals surface area contributed by atoms with E-state index < -0.39 is 0 Å². The maximum atomic E-state index is 12.5. The van der Waals surface area contributed by atoms with Gasteiger partial charge in [-0.15, -0.1) is 0 Å². The van der Waals surface area contributed by atoms with Crippen molar-refractivity contribution in [1.29, 1.82) is 0 Å². The predicted octanol–water partition coefficient (Wildman–Crippen LogP) is 2.66. The van der Waals surface area contributed by atoms with Gasteiger partial charge in [-0.2, -0.15) is 4.98 Å². The van der Waals surface area contributed by atoms with E-state index in [0.29, 0.717) is 18.2 Å². The first-order chi connectivity index (χ1) is 14.1. The van der Waals surface area contributed by atoms with E-state index >= 15 is 0 Å². The summed E-state index contributed by atoms with van der Waals surface area (Å²) in [6.07, 6.45) is 3.23. The van der Waals surface area contributed by atoms with Crippen LogP contribution in [0.3, 0.4) is 0 Å². The molecule has 2 fully saturated rings. The highest BCUT2D eigenvalue weighted by Gasteiger charge is 2.27. The molecule has 7 nitrogen and oxygen atoms in total. The minimum atomic E-state index is 0.0825. The lowest BCUT2D eigenvalue weighted by atomic mass is 9.96. The Morgan fingerprint density at radius 2 is 1.90 bits per heavy atom. The fourth-order valence-electron chi connectivity index (χ4n) is 4.45. The van der Waals surface area contributed by atoms with Crippen molar-refractivity contribution in [2.75, 3.05) is 44.2 Å². The number of aromatic nitrogens is 1. The first-order valence-corrected chi connectivity index (χ1v) is 10.8. The van der Waals surface area contributed by atoms with Gasteiger partial charge in [0, 0.05) is 45.2 Å². The van der Waals surface area contributed by atoms with Gasteiger partial charge in [0.25, 0.3) is 6.01 Å². The lowest BCUT2D eigenvalue weighted by Gasteiger charge is -2.35. The zero-order valence-corrected chi connectivity index (χ0v) is 17.5. The van der Waals surface area contributed by atoms with Gasteiger partial charge in [0.1, 0.15) is 5.52 Å². The number of anilines is 1. The number of nitrogens with zero attached hydrogens (tertiary/aromatic N) is 3. The van der Waals surface area contributed by atoms with Gasteiger partial charge in [0.05, 0.1) is 12.2 Å². The standard InChI is InChI=1S/C22H32N4O3/c1-16-14-25(15-17(2)28-16)11-5-10-23-21(27)18-8-12-26(13-9-18)22-24-19-6-3-4-7-20(19)29-22/h3-4,6-7,16-18H,5,8-15H2,1-2H3,(H,23,27). The summed E-state index contributed by atoms with van der Waals surface area (Å²) >= 11 is 0. The number of piperidine rings is 1. The van der Waals surface area contributed by atoms with Crippen LogP contribution in [0.15, 0.2) is 28.7 Å². The molecule has 2 saturated heterocycles. The summed E-state index contributed by atoms with van der Waals surface area (Å²) in [6.45, 7) is 9.55. The average molecular weight is 401 g/mol. The molecule has 4 rings (SSSR count). The number of rotatable bonds is 6. The quantitative estimate of drug-likeness (QED) is 0.752. The van der Waals surface area contributed by atoms with Crippen molar-refractivity contribution >= 4 is 23.0 Å². The van der Waals surface area contributed by atoms with Crippen LogP contribution in [0.5, 0.6) is 0 Å². The van der Waals surface area contributed by atoms with E-state index in [1.54, 1.807) is 0 Å². The Balaban J connectivity index is 1.17. The Hall–Kier alpha value is -2.12. The summed E-state index contributed by atoms with van der Waals surface area (Å²) in [5.41, 5.74) is 1.69. The molecule has 29 heavy (non-hydrogen) atoms. The number of para-hydroxylation sites is 2. The van der Waals surface area contributed by atoms with Crippen molar-refractivity contribution in [2.24, 2.45) is 5.92 Å². The van der Waals surface area contributed by atoms with Gasteiger partial charge in [0.2, 0.25) is 5.91 Å². The van der Waals surface area contributed by atoms with E-state index in [4.69, 9.17) is 9.15 Å². The number of ether oxygens (including phenoxy) is 1. The fraction of sp³-hybridized carbons (Fsp3) is 0.636. The summed E-state index contributed by atoms with van der Waals surface area (Å²) in [4.78, 5) is 21.7. The zero-order chi connectivity index (χ0) is 20.2. The number of fused-ring (bicyclic) bond motifs is 1. The van der Waals surface area contributed by atoms with Crippen LogP contribution in [0, 0.1) is 5.92 Å². The maximum Gasteiger partial charge on any atom is 0.298 e. The first-order valence-electron chi connectivity index (χ1n) is 10.8. The van der Waals surface area contributed by atoms with Crippen LogP contribution in [0.25, 0.3) is 11.1 Å². The number of nitrogens with one attached hydrogen (secondary N) is 1. The molecule has 3 heterocycles. The molecule has 2 aliphatic rings. The third kappa shape index (κ3) is 5.08. The lowest BCUT2D eigenvalue weighted by Crippen LogP contribution is -2.46. The molecule has 1 N–H and O–H groups in total. The average Bonchev–Trinajstić information content (AvgIpc) is 3.15. The van der Waals surface area contributed by atoms with Crippen LogP contribution in [-0.4, -0.2) is 67.3 Å². The van der Waals surface area contributed by atoms with Gasteiger partial charge in [-0.05, 0) is 45.2 Å². The number of amides is 1. The van der Waals surface area contributed by atoms with Gasteiger partial charge in [0.15, 0.2) is 5.58 Å². The molecule has 2 aromatic rings. The van der Waals surface area contributed by atoms with Crippen LogP contribution in [0.4, 0.5) is 6.01 Å². The normalized spacial score (nSPS) is 24.1. The first kappa shape index (κ1) is 20.2. The molecule has 1 aromatic carbocycles. The molecule has 2 unspecified atom stereocenters. The number of benzene rings is 1. The summed E-state index contributed by atoms with van der Waals surface area (Å²) in [6, 6.07) is 8.48. The van der Waals surface area contributed by atoms with Crippen LogP contribution in [0.1, 0.15) is 33.1 Å². The third-order valence-corrected chi connectivity index (χ3v) is 5.86. The molecule has 2 atom stereocenters. The molecule has 1 aromatic heterocycles. The van der Waals surface area contributed by atoms with Crippen LogP contribution in [0.2, 0.25) is 0 Å². The van der Waals surface area contributed by atoms with Crippen LogP contribution in [-0.2, 0) is 9.53 Å². The Bertz CT molecular complexity index is 772. The van der Waals surface area contributed by atoms with Crippen molar-refractivity contribution in [2.45, 2.75) is 45.3 Å². The highest BCUT2D eigenvalue weighted by molar-refractivity contribution is 5.79. The number of carbonyl (C=O) groups is 1. The van der Waals surface area contributed by atoms with Gasteiger partial charge in [-0.25, -0.2) is 0 Å². The predicted molar refractivity (Wildman–Crippen MR) is 113 cm³/mol. The minimum absolute atomic E-state index is 0.0825. The molecular formula is C22H32N4O3. The number of hydrogen-bond donors (Lipinski definition) is 1. The van der Waals surface area contributed by atoms with Gasteiger partial charge < -0.3 is 19.4 Å². The second-order valence-electron chi connectivity index (χ2n) is 8.39. The molecule has 1 amide bonds. The van der Waals surface area contributed by atoms with Crippen molar-refractivity contribution in [3.8, 4) is 0 Å². The summed E-state index contributed by atoms with van der Waals surface area (Å²) in [5.74, 6) is 0.269. The Labute approximate surface area is 172 Å². The number of hydrogen-bond acceptors (Lipinski definition) is 6. The van der Waals surface area contributed by atoms with E-state index in [0.717, 1.165) is 69.6 Å². The molecule has 7 heteroatoms. The van der Waals surface area contributed by atoms with E-state index in [9.17, 15) is 4.79 Å². The van der Waals surface area contributed by atoms with E-state index in [1.165, 1.54) is 0 Å². The molecule has 0 bridgehead atoms.